The Morgan fingerprint density at radius 3 is 2.33 bits per heavy atom. The number of aryl methyl sites for hydroxylation is 3. The van der Waals surface area contributed by atoms with Crippen LogP contribution in [0.5, 0.6) is 0 Å². The molecule has 4 aromatic rings. The molecule has 210 valence electrons. The second kappa shape index (κ2) is 17.9. The number of aromatic amines is 1. The molecule has 0 amide bonds. The van der Waals surface area contributed by atoms with E-state index in [9.17, 15) is 4.39 Å². The topological polar surface area (TPSA) is 79.4 Å². The molecule has 0 radical (unpaired) electrons. The summed E-state index contributed by atoms with van der Waals surface area (Å²) in [6.07, 6.45) is 11.4. The fraction of sp³-hybridized carbons (Fsp3) is 0.265. The van der Waals surface area contributed by atoms with Crippen LogP contribution in [0, 0.1) is 32.0 Å². The molecule has 6 heteroatoms. The van der Waals surface area contributed by atoms with Crippen LogP contribution >= 0.6 is 0 Å². The van der Waals surface area contributed by atoms with E-state index in [2.05, 4.69) is 45.2 Å². The van der Waals surface area contributed by atoms with Gasteiger partial charge in [-0.2, -0.15) is 5.10 Å². The van der Waals surface area contributed by atoms with Crippen LogP contribution in [0.1, 0.15) is 62.4 Å². The highest BCUT2D eigenvalue weighted by molar-refractivity contribution is 5.88. The molecular formula is C34H42FN5. The minimum absolute atomic E-state index is 0.292. The summed E-state index contributed by atoms with van der Waals surface area (Å²) in [6.45, 7) is 13.7. The minimum atomic E-state index is -0.292. The Balaban J connectivity index is 0.000000303. The highest BCUT2D eigenvalue weighted by Gasteiger charge is 2.07. The maximum absolute atomic E-state index is 13.8. The van der Waals surface area contributed by atoms with Gasteiger partial charge in [0.25, 0.3) is 0 Å². The van der Waals surface area contributed by atoms with Gasteiger partial charge in [-0.15, -0.1) is 6.42 Å². The SMILES string of the molecule is C#Cc1ccc(CC)cc1.CC.CC=Nc1c(C)cc(/C(C)=C/C=NC)cc1F.Cc1ccc2c(N)n[nH]c2c1. The third-order valence-corrected chi connectivity index (χ3v) is 5.72. The normalized spacial score (nSPS) is 10.8. The fourth-order valence-corrected chi connectivity index (χ4v) is 3.53. The summed E-state index contributed by atoms with van der Waals surface area (Å²) >= 11 is 0. The van der Waals surface area contributed by atoms with E-state index in [0.717, 1.165) is 39.6 Å². The van der Waals surface area contributed by atoms with Crippen molar-refractivity contribution in [3.8, 4) is 12.3 Å². The van der Waals surface area contributed by atoms with Gasteiger partial charge in [0.05, 0.1) is 5.52 Å². The van der Waals surface area contributed by atoms with Crippen molar-refractivity contribution in [2.45, 2.75) is 54.9 Å². The van der Waals surface area contributed by atoms with Crippen molar-refractivity contribution in [2.75, 3.05) is 12.8 Å². The average Bonchev–Trinajstić information content (AvgIpc) is 3.34. The number of aliphatic imine (C=N–C) groups is 2. The Kier molecular flexibility index (Phi) is 15.0. The van der Waals surface area contributed by atoms with Crippen LogP contribution in [0.4, 0.5) is 15.9 Å². The minimum Gasteiger partial charge on any atom is -0.382 e. The van der Waals surface area contributed by atoms with Gasteiger partial charge in [-0.1, -0.05) is 44.9 Å². The lowest BCUT2D eigenvalue weighted by molar-refractivity contribution is 0.628. The first-order chi connectivity index (χ1) is 19.2. The summed E-state index contributed by atoms with van der Waals surface area (Å²) in [6, 6.07) is 17.5. The van der Waals surface area contributed by atoms with Crippen molar-refractivity contribution in [2.24, 2.45) is 9.98 Å². The maximum Gasteiger partial charge on any atom is 0.153 e. The Morgan fingerprint density at radius 1 is 1.10 bits per heavy atom. The molecule has 0 aliphatic heterocycles. The molecule has 1 aromatic heterocycles. The molecule has 3 N–H and O–H groups in total. The van der Waals surface area contributed by atoms with Gasteiger partial charge >= 0.3 is 0 Å². The molecule has 1 heterocycles. The number of aromatic nitrogens is 2. The summed E-state index contributed by atoms with van der Waals surface area (Å²) < 4.78 is 13.8. The van der Waals surface area contributed by atoms with E-state index in [1.54, 1.807) is 26.4 Å². The predicted octanol–water partition coefficient (Wildman–Crippen LogP) is 8.67. The molecule has 0 spiro atoms. The summed E-state index contributed by atoms with van der Waals surface area (Å²) in [4.78, 5) is 7.90. The van der Waals surface area contributed by atoms with Gasteiger partial charge in [0.2, 0.25) is 0 Å². The second-order valence-electron chi connectivity index (χ2n) is 8.62. The zero-order chi connectivity index (χ0) is 30.1. The lowest BCUT2D eigenvalue weighted by atomic mass is 10.0. The van der Waals surface area contributed by atoms with Crippen LogP contribution in [0.15, 0.2) is 70.7 Å². The van der Waals surface area contributed by atoms with Crippen LogP contribution in [0.25, 0.3) is 16.5 Å². The molecule has 0 aliphatic rings. The molecule has 0 unspecified atom stereocenters. The van der Waals surface area contributed by atoms with Crippen molar-refractivity contribution in [1.82, 2.24) is 10.2 Å². The molecule has 0 atom stereocenters. The molecule has 0 saturated heterocycles. The standard InChI is InChI=1S/C14H17FN2.C10H10.C8H9N3.C2H6/c1-5-17-14-11(3)8-12(9-13(14)15)10(2)6-7-16-4;1-3-9-5-7-10(4-2)8-6-9;1-5-2-3-6-7(4-5)10-11-8(6)9;1-2/h5-9H,1-4H3;1,5-8H,4H2,2H3;2-4H,1H3,(H3,9,10,11);1-2H3/b10-6+,16-7?,17-5?;;;. The maximum atomic E-state index is 13.8. The smallest absolute Gasteiger partial charge is 0.153 e. The van der Waals surface area contributed by atoms with Gasteiger partial charge < -0.3 is 5.73 Å². The number of benzene rings is 3. The lowest BCUT2D eigenvalue weighted by Gasteiger charge is -2.07. The third kappa shape index (κ3) is 10.3. The number of anilines is 1. The van der Waals surface area contributed by atoms with E-state index >= 15 is 0 Å². The molecular weight excluding hydrogens is 497 g/mol. The molecule has 0 saturated carbocycles. The van der Waals surface area contributed by atoms with Crippen LogP contribution < -0.4 is 5.73 Å². The van der Waals surface area contributed by atoms with E-state index in [0.29, 0.717) is 11.5 Å². The number of hydrogen-bond donors (Lipinski definition) is 2. The zero-order valence-corrected chi connectivity index (χ0v) is 25.0. The van der Waals surface area contributed by atoms with Gasteiger partial charge in [0, 0.05) is 30.4 Å². The number of nitrogens with zero attached hydrogens (tertiary/aromatic N) is 3. The van der Waals surface area contributed by atoms with Crippen molar-refractivity contribution >= 4 is 40.4 Å². The number of halogens is 1. The number of nitrogens with one attached hydrogen (secondary N) is 1. The summed E-state index contributed by atoms with van der Waals surface area (Å²) in [7, 11) is 1.70. The predicted molar refractivity (Wildman–Crippen MR) is 173 cm³/mol. The number of nitrogen functional groups attached to an aromatic ring is 1. The number of H-pyrrole nitrogens is 1. The van der Waals surface area contributed by atoms with E-state index in [4.69, 9.17) is 12.2 Å². The van der Waals surface area contributed by atoms with Gasteiger partial charge in [-0.05, 0) is 104 Å². The molecule has 40 heavy (non-hydrogen) atoms. The molecule has 0 fully saturated rings. The van der Waals surface area contributed by atoms with Gasteiger partial charge in [-0.3, -0.25) is 15.1 Å². The quantitative estimate of drug-likeness (QED) is 0.201. The largest absolute Gasteiger partial charge is 0.382 e. The average molecular weight is 540 g/mol. The van der Waals surface area contributed by atoms with E-state index in [1.807, 2.05) is 77.1 Å². The first-order valence-electron chi connectivity index (χ1n) is 13.4. The Hall–Kier alpha value is -4.50. The number of allylic oxidation sites excluding steroid dienone is 2. The van der Waals surface area contributed by atoms with Crippen LogP contribution in [-0.4, -0.2) is 29.7 Å². The van der Waals surface area contributed by atoms with Gasteiger partial charge in [0.15, 0.2) is 5.82 Å². The molecule has 4 rings (SSSR count). The number of terminal acetylenes is 1. The first kappa shape index (κ1) is 33.5. The molecule has 5 nitrogen and oxygen atoms in total. The Morgan fingerprint density at radius 2 is 1.77 bits per heavy atom. The lowest BCUT2D eigenvalue weighted by Crippen LogP contribution is -1.88. The summed E-state index contributed by atoms with van der Waals surface area (Å²) in [5, 5.41) is 7.74. The molecule has 0 bridgehead atoms. The highest BCUT2D eigenvalue weighted by atomic mass is 19.1. The van der Waals surface area contributed by atoms with Crippen LogP contribution in [0.2, 0.25) is 0 Å². The monoisotopic (exact) mass is 539 g/mol. The van der Waals surface area contributed by atoms with Crippen molar-refractivity contribution < 1.29 is 4.39 Å². The Bertz CT molecular complexity index is 1450. The molecule has 0 aliphatic carbocycles. The highest BCUT2D eigenvalue weighted by Crippen LogP contribution is 2.27. The van der Waals surface area contributed by atoms with Crippen molar-refractivity contribution in [3.05, 3.63) is 94.3 Å². The first-order valence-corrected chi connectivity index (χ1v) is 13.4. The van der Waals surface area contributed by atoms with E-state index in [-0.39, 0.29) is 5.82 Å². The number of hydrogen-bond acceptors (Lipinski definition) is 4. The molecule has 3 aromatic carbocycles. The van der Waals surface area contributed by atoms with Gasteiger partial charge in [0.1, 0.15) is 11.5 Å². The van der Waals surface area contributed by atoms with Crippen LogP contribution in [0.3, 0.4) is 0 Å². The summed E-state index contributed by atoms with van der Waals surface area (Å²) in [5.41, 5.74) is 13.2. The fourth-order valence-electron chi connectivity index (χ4n) is 3.53. The third-order valence-electron chi connectivity index (χ3n) is 5.72. The number of nitrogens with two attached hydrogens (primary N) is 1. The van der Waals surface area contributed by atoms with Gasteiger partial charge in [-0.25, -0.2) is 4.39 Å². The second-order valence-corrected chi connectivity index (χ2v) is 8.62. The summed E-state index contributed by atoms with van der Waals surface area (Å²) in [5.74, 6) is 2.86. The Labute approximate surface area is 239 Å². The van der Waals surface area contributed by atoms with Crippen molar-refractivity contribution in [3.63, 3.8) is 0 Å². The number of fused-ring (bicyclic) bond motifs is 1. The number of rotatable bonds is 4. The van der Waals surface area contributed by atoms with Crippen molar-refractivity contribution in [1.29, 1.82) is 0 Å². The van der Waals surface area contributed by atoms with E-state index in [1.165, 1.54) is 17.2 Å². The van der Waals surface area contributed by atoms with Crippen LogP contribution in [-0.2, 0) is 6.42 Å². The zero-order valence-electron chi connectivity index (χ0n) is 25.0. The van der Waals surface area contributed by atoms with E-state index < -0.39 is 0 Å².